The van der Waals surface area contributed by atoms with Crippen LogP contribution in [0.1, 0.15) is 0 Å². The van der Waals surface area contributed by atoms with Gasteiger partial charge in [-0.3, -0.25) is 0 Å². The van der Waals surface area contributed by atoms with Crippen LogP contribution < -0.4 is 0 Å². The van der Waals surface area contributed by atoms with Crippen molar-refractivity contribution in [2.75, 3.05) is 0 Å². The van der Waals surface area contributed by atoms with Crippen LogP contribution in [0.15, 0.2) is 17.6 Å². The number of imidazole rings is 1. The Balaban J connectivity index is 0.000000360. The summed E-state index contributed by atoms with van der Waals surface area (Å²) in [5.41, 5.74) is 0. The number of nitrogens with zero attached hydrogens (tertiary/aromatic N) is 1. The predicted molar refractivity (Wildman–Crippen MR) is 34.4 cm³/mol. The van der Waals surface area contributed by atoms with E-state index in [1.54, 1.807) is 12.4 Å². The second kappa shape index (κ2) is 3.48. The molecule has 0 bridgehead atoms. The van der Waals surface area contributed by atoms with Crippen molar-refractivity contribution in [1.82, 2.24) is 9.97 Å². The molecule has 1 heterocycles. The Morgan fingerprint density at radius 2 is 2.43 bits per heavy atom. The Morgan fingerprint density at radius 3 is 2.57 bits per heavy atom. The van der Waals surface area contributed by atoms with Crippen molar-refractivity contribution in [3.05, 3.63) is 12.4 Å². The van der Waals surface area contributed by atoms with Crippen LogP contribution in [0.25, 0.3) is 0 Å². The van der Waals surface area contributed by atoms with E-state index >= 15 is 0 Å². The Kier molecular flexibility index (Phi) is 3.72. The van der Waals surface area contributed by atoms with Gasteiger partial charge in [-0.05, 0) is 0 Å². The van der Waals surface area contributed by atoms with Crippen LogP contribution in [0, 0.1) is 0 Å². The molecule has 0 spiro atoms. The van der Waals surface area contributed by atoms with Gasteiger partial charge in [0.15, 0.2) is 5.16 Å². The van der Waals surface area contributed by atoms with Crippen molar-refractivity contribution >= 4 is 39.9 Å². The Labute approximate surface area is 67.3 Å². The fraction of sp³-hybridized carbons (Fsp3) is 0. The second-order valence-electron chi connectivity index (χ2n) is 0.913. The summed E-state index contributed by atoms with van der Waals surface area (Å²) in [5, 5.41) is 0.662. The van der Waals surface area contributed by atoms with E-state index < -0.39 is 0 Å². The van der Waals surface area contributed by atoms with E-state index in [0.29, 0.717) is 5.16 Å². The van der Waals surface area contributed by atoms with E-state index in [1.807, 2.05) is 0 Å². The van der Waals surface area contributed by atoms with Crippen LogP contribution in [0.2, 0.25) is 0 Å². The van der Waals surface area contributed by atoms with Crippen LogP contribution >= 0.6 is 12.6 Å². The van der Waals surface area contributed by atoms with Crippen molar-refractivity contribution in [1.29, 1.82) is 0 Å². The van der Waals surface area contributed by atoms with Crippen LogP contribution in [0.3, 0.4) is 0 Å². The molecule has 0 aliphatic carbocycles. The van der Waals surface area contributed by atoms with Gasteiger partial charge in [-0.15, -0.1) is 12.6 Å². The normalized spacial score (nSPS) is 7.57. The van der Waals surface area contributed by atoms with E-state index in [9.17, 15) is 0 Å². The van der Waals surface area contributed by atoms with Gasteiger partial charge in [0, 0.05) is 12.4 Å². The summed E-state index contributed by atoms with van der Waals surface area (Å²) in [6, 6.07) is 0. The van der Waals surface area contributed by atoms with Crippen molar-refractivity contribution in [2.24, 2.45) is 0 Å². The topological polar surface area (TPSA) is 28.7 Å². The number of aromatic amines is 1. The number of aromatic nitrogens is 2. The number of rotatable bonds is 0. The van der Waals surface area contributed by atoms with E-state index in [4.69, 9.17) is 0 Å². The third-order valence-corrected chi connectivity index (χ3v) is 0.728. The molecule has 2 radical (unpaired) electrons. The summed E-state index contributed by atoms with van der Waals surface area (Å²) >= 11 is 3.87. The van der Waals surface area contributed by atoms with Gasteiger partial charge in [0.2, 0.25) is 0 Å². The van der Waals surface area contributed by atoms with E-state index in [0.717, 1.165) is 0 Å². The van der Waals surface area contributed by atoms with E-state index in [1.165, 1.54) is 0 Å². The first-order valence-electron chi connectivity index (χ1n) is 1.58. The molecule has 1 rings (SSSR count). The number of thiol groups is 1. The van der Waals surface area contributed by atoms with Gasteiger partial charge in [-0.2, -0.15) is 0 Å². The molecule has 0 saturated carbocycles. The quantitative estimate of drug-likeness (QED) is 0.504. The molecule has 0 aliphatic rings. The molecule has 0 atom stereocenters. The maximum atomic E-state index is 3.87. The molecule has 1 aromatic heterocycles. The van der Waals surface area contributed by atoms with Gasteiger partial charge >= 0.3 is 27.3 Å². The molecular weight excluding hydrogens is 303 g/mol. The number of hydrogen-bond donors (Lipinski definition) is 2. The standard InChI is InChI=1S/C3H4N2S.Pb.2H/c6-3-4-1-2-5-3;;;/h1-2H,(H2,4,5,6);;;. The summed E-state index contributed by atoms with van der Waals surface area (Å²) in [5.74, 6) is 0. The third kappa shape index (κ3) is 2.33. The average Bonchev–Trinajstić information content (AvgIpc) is 1.86. The number of H-pyrrole nitrogens is 1. The average molecular weight is 309 g/mol. The molecule has 2 nitrogen and oxygen atoms in total. The zero-order valence-electron chi connectivity index (χ0n) is 3.76. The van der Waals surface area contributed by atoms with Crippen LogP contribution in [0.4, 0.5) is 0 Å². The first kappa shape index (κ1) is 7.48. The Morgan fingerprint density at radius 1 is 1.71 bits per heavy atom. The van der Waals surface area contributed by atoms with Gasteiger partial charge in [-0.25, -0.2) is 4.98 Å². The maximum absolute atomic E-state index is 3.87. The van der Waals surface area contributed by atoms with Crippen molar-refractivity contribution in [3.8, 4) is 0 Å². The van der Waals surface area contributed by atoms with Gasteiger partial charge in [0.25, 0.3) is 0 Å². The van der Waals surface area contributed by atoms with Crippen LogP contribution in [-0.2, 0) is 0 Å². The molecule has 0 saturated heterocycles. The molecule has 0 fully saturated rings. The van der Waals surface area contributed by atoms with E-state index in [2.05, 4.69) is 22.6 Å². The molecule has 4 heteroatoms. The second-order valence-corrected chi connectivity index (χ2v) is 1.34. The van der Waals surface area contributed by atoms with Crippen molar-refractivity contribution in [2.45, 2.75) is 5.16 Å². The fourth-order valence-electron chi connectivity index (χ4n) is 0.257. The monoisotopic (exact) mass is 310 g/mol. The molecule has 0 unspecified atom stereocenters. The summed E-state index contributed by atoms with van der Waals surface area (Å²) in [4.78, 5) is 6.48. The molecule has 0 aliphatic heterocycles. The fourth-order valence-corrected chi connectivity index (χ4v) is 0.398. The molecule has 38 valence electrons. The molecule has 1 aromatic rings. The molecular formula is C3H6N2PbS. The molecule has 0 amide bonds. The van der Waals surface area contributed by atoms with Crippen molar-refractivity contribution < 1.29 is 0 Å². The predicted octanol–water partition coefficient (Wildman–Crippen LogP) is -0.218. The number of nitrogens with one attached hydrogen (secondary N) is 1. The van der Waals surface area contributed by atoms with Gasteiger partial charge in [0.05, 0.1) is 0 Å². The molecule has 1 N–H and O–H groups in total. The minimum atomic E-state index is 0. The summed E-state index contributed by atoms with van der Waals surface area (Å²) < 4.78 is 0. The Bertz CT molecular complexity index is 116. The minimum absolute atomic E-state index is 0. The Hall–Kier alpha value is 0.482. The zero-order chi connectivity index (χ0) is 4.41. The summed E-state index contributed by atoms with van der Waals surface area (Å²) in [6.07, 6.45) is 3.38. The van der Waals surface area contributed by atoms with Gasteiger partial charge < -0.3 is 4.98 Å². The van der Waals surface area contributed by atoms with E-state index in [-0.39, 0.29) is 27.3 Å². The first-order chi connectivity index (χ1) is 2.89. The number of hydrogen-bond acceptors (Lipinski definition) is 2. The summed E-state index contributed by atoms with van der Waals surface area (Å²) in [7, 11) is 0. The summed E-state index contributed by atoms with van der Waals surface area (Å²) in [6.45, 7) is 0. The van der Waals surface area contributed by atoms with Crippen molar-refractivity contribution in [3.63, 3.8) is 0 Å². The molecule has 7 heavy (non-hydrogen) atoms. The third-order valence-electron chi connectivity index (χ3n) is 0.484. The van der Waals surface area contributed by atoms with Crippen LogP contribution in [-0.4, -0.2) is 37.3 Å². The van der Waals surface area contributed by atoms with Crippen LogP contribution in [0.5, 0.6) is 0 Å². The SMILES string of the molecule is Sc1ncc[nH]1.[PbH2]. The van der Waals surface area contributed by atoms with Gasteiger partial charge in [-0.1, -0.05) is 0 Å². The van der Waals surface area contributed by atoms with Gasteiger partial charge in [0.1, 0.15) is 0 Å². The molecule has 0 aromatic carbocycles. The first-order valence-corrected chi connectivity index (χ1v) is 2.02. The zero-order valence-corrected chi connectivity index (χ0v) is 10.1.